The van der Waals surface area contributed by atoms with Crippen LogP contribution >= 0.6 is 7.37 Å². The Kier molecular flexibility index (Phi) is 5.92. The highest BCUT2D eigenvalue weighted by atomic mass is 31.2. The number of hydrogen-bond acceptors (Lipinski definition) is 2. The molecule has 0 spiro atoms. The van der Waals surface area contributed by atoms with E-state index >= 15 is 0 Å². The highest BCUT2D eigenvalue weighted by Crippen LogP contribution is 2.56. The molecule has 3 rings (SSSR count). The van der Waals surface area contributed by atoms with Gasteiger partial charge in [-0.1, -0.05) is 66.7 Å². The fourth-order valence-corrected chi connectivity index (χ4v) is 5.00. The number of halogens is 5. The molecule has 0 aliphatic rings. The van der Waals surface area contributed by atoms with Crippen LogP contribution in [0.3, 0.4) is 0 Å². The summed E-state index contributed by atoms with van der Waals surface area (Å²) in [5, 5.41) is 0.0372. The largest absolute Gasteiger partial charge is 0.456 e. The van der Waals surface area contributed by atoms with Crippen LogP contribution in [-0.4, -0.2) is 12.1 Å². The van der Waals surface area contributed by atoms with E-state index in [9.17, 15) is 26.5 Å². The summed E-state index contributed by atoms with van der Waals surface area (Å²) in [4.78, 5) is 0. The van der Waals surface area contributed by atoms with Gasteiger partial charge in [-0.25, -0.2) is 0 Å². The molecule has 0 aliphatic heterocycles. The number of rotatable bonds is 6. The minimum absolute atomic E-state index is 0.0186. The van der Waals surface area contributed by atoms with Gasteiger partial charge >= 0.3 is 12.1 Å². The van der Waals surface area contributed by atoms with Crippen molar-refractivity contribution in [2.75, 3.05) is 0 Å². The highest BCUT2D eigenvalue weighted by Gasteiger charge is 2.64. The third-order valence-corrected chi connectivity index (χ3v) is 6.72. The summed E-state index contributed by atoms with van der Waals surface area (Å²) < 4.78 is 87.8. The molecule has 0 heterocycles. The van der Waals surface area contributed by atoms with Crippen molar-refractivity contribution in [2.24, 2.45) is 0 Å². The van der Waals surface area contributed by atoms with E-state index < -0.39 is 31.1 Å². The predicted octanol–water partition coefficient (Wildman–Crippen LogP) is 5.87. The van der Waals surface area contributed by atoms with Crippen LogP contribution in [0.4, 0.5) is 22.0 Å². The zero-order valence-electron chi connectivity index (χ0n) is 14.9. The van der Waals surface area contributed by atoms with Gasteiger partial charge in [0.05, 0.1) is 0 Å². The molecular formula is C21H16F5O2P. The van der Waals surface area contributed by atoms with Gasteiger partial charge in [0.1, 0.15) is 0 Å². The van der Waals surface area contributed by atoms with Gasteiger partial charge in [-0.3, -0.25) is 4.57 Å². The van der Waals surface area contributed by atoms with Crippen molar-refractivity contribution >= 4 is 18.0 Å². The van der Waals surface area contributed by atoms with E-state index in [1.54, 1.807) is 12.1 Å². The number of hydrogen-bond donors (Lipinski definition) is 0. The van der Waals surface area contributed by atoms with Crippen LogP contribution in [-0.2, 0) is 9.09 Å². The second kappa shape index (κ2) is 8.09. The van der Waals surface area contributed by atoms with Gasteiger partial charge in [-0.15, -0.1) is 0 Å². The lowest BCUT2D eigenvalue weighted by atomic mass is 10.0. The van der Waals surface area contributed by atoms with Crippen molar-refractivity contribution < 1.29 is 31.0 Å². The molecule has 1 atom stereocenters. The van der Waals surface area contributed by atoms with Crippen LogP contribution in [0.15, 0.2) is 91.0 Å². The summed E-state index contributed by atoms with van der Waals surface area (Å²) >= 11 is 0. The maximum atomic E-state index is 14.5. The molecule has 152 valence electrons. The minimum Gasteiger partial charge on any atom is -0.307 e. The maximum absolute atomic E-state index is 14.5. The van der Waals surface area contributed by atoms with Crippen molar-refractivity contribution in [3.8, 4) is 0 Å². The van der Waals surface area contributed by atoms with E-state index in [2.05, 4.69) is 0 Å². The van der Waals surface area contributed by atoms with Crippen LogP contribution in [0.2, 0.25) is 0 Å². The van der Waals surface area contributed by atoms with Crippen LogP contribution in [0.1, 0.15) is 11.7 Å². The van der Waals surface area contributed by atoms with E-state index in [-0.39, 0.29) is 10.6 Å². The molecule has 3 aromatic carbocycles. The van der Waals surface area contributed by atoms with Gasteiger partial charge in [-0.05, 0) is 29.8 Å². The molecule has 0 unspecified atom stereocenters. The van der Waals surface area contributed by atoms with Crippen LogP contribution in [0.25, 0.3) is 0 Å². The van der Waals surface area contributed by atoms with Gasteiger partial charge in [0.2, 0.25) is 0 Å². The average Bonchev–Trinajstić information content (AvgIpc) is 2.73. The van der Waals surface area contributed by atoms with E-state index in [0.717, 1.165) is 12.1 Å². The average molecular weight is 426 g/mol. The fraction of sp³-hybridized carbons (Fsp3) is 0.143. The predicted molar refractivity (Wildman–Crippen MR) is 101 cm³/mol. The van der Waals surface area contributed by atoms with Gasteiger partial charge in [0.15, 0.2) is 6.10 Å². The van der Waals surface area contributed by atoms with Crippen molar-refractivity contribution in [3.05, 3.63) is 96.6 Å². The minimum atomic E-state index is -5.90. The molecule has 0 saturated carbocycles. The lowest BCUT2D eigenvalue weighted by Gasteiger charge is -2.32. The van der Waals surface area contributed by atoms with E-state index in [4.69, 9.17) is 4.52 Å². The molecule has 29 heavy (non-hydrogen) atoms. The van der Waals surface area contributed by atoms with Crippen molar-refractivity contribution in [1.82, 2.24) is 0 Å². The third kappa shape index (κ3) is 4.26. The molecule has 3 aromatic rings. The molecule has 0 aliphatic carbocycles. The molecule has 0 radical (unpaired) electrons. The summed E-state index contributed by atoms with van der Waals surface area (Å²) in [7, 11) is -4.29. The topological polar surface area (TPSA) is 26.3 Å². The Morgan fingerprint density at radius 2 is 1.03 bits per heavy atom. The Bertz CT molecular complexity index is 933. The number of benzene rings is 3. The zero-order chi connectivity index (χ0) is 21.1. The Morgan fingerprint density at radius 3 is 1.41 bits per heavy atom. The van der Waals surface area contributed by atoms with Crippen LogP contribution in [0, 0.1) is 0 Å². The third-order valence-electron chi connectivity index (χ3n) is 4.26. The zero-order valence-corrected chi connectivity index (χ0v) is 15.8. The van der Waals surface area contributed by atoms with Crippen molar-refractivity contribution in [1.29, 1.82) is 0 Å². The Morgan fingerprint density at radius 1 is 0.655 bits per heavy atom. The lowest BCUT2D eigenvalue weighted by Crippen LogP contribution is -2.43. The summed E-state index contributed by atoms with van der Waals surface area (Å²) in [5.41, 5.74) is -0.429. The van der Waals surface area contributed by atoms with Crippen molar-refractivity contribution in [3.63, 3.8) is 0 Å². The molecule has 0 fully saturated rings. The first kappa shape index (κ1) is 21.2. The SMILES string of the molecule is O=P(O[C@H](c1ccccc1)C(F)(F)C(F)(F)F)(c1ccccc1)c1ccccc1. The molecule has 0 N–H and O–H groups in total. The van der Waals surface area contributed by atoms with E-state index in [0.29, 0.717) is 0 Å². The first-order valence-corrected chi connectivity index (χ1v) is 10.2. The first-order valence-electron chi connectivity index (χ1n) is 8.55. The molecular weight excluding hydrogens is 410 g/mol. The highest BCUT2D eigenvalue weighted by molar-refractivity contribution is 7.74. The lowest BCUT2D eigenvalue weighted by molar-refractivity contribution is -0.310. The van der Waals surface area contributed by atoms with Gasteiger partial charge in [0.25, 0.3) is 7.37 Å². The molecule has 0 bridgehead atoms. The molecule has 8 heteroatoms. The second-order valence-electron chi connectivity index (χ2n) is 6.24. The van der Waals surface area contributed by atoms with E-state index in [1.807, 2.05) is 0 Å². The van der Waals surface area contributed by atoms with E-state index in [1.165, 1.54) is 66.7 Å². The smallest absolute Gasteiger partial charge is 0.307 e. The number of alkyl halides is 5. The van der Waals surface area contributed by atoms with Crippen LogP contribution in [0.5, 0.6) is 0 Å². The Balaban J connectivity index is 2.18. The first-order chi connectivity index (χ1) is 13.7. The Labute approximate surface area is 164 Å². The molecule has 0 amide bonds. The molecule has 0 aromatic heterocycles. The summed E-state index contributed by atoms with van der Waals surface area (Å²) in [5.74, 6) is -5.27. The molecule has 0 saturated heterocycles. The quantitative estimate of drug-likeness (QED) is 0.364. The monoisotopic (exact) mass is 426 g/mol. The van der Waals surface area contributed by atoms with Gasteiger partial charge in [-0.2, -0.15) is 22.0 Å². The van der Waals surface area contributed by atoms with Gasteiger partial charge < -0.3 is 4.52 Å². The summed E-state index contributed by atoms with van der Waals surface area (Å²) in [6, 6.07) is 21.0. The summed E-state index contributed by atoms with van der Waals surface area (Å²) in [6.45, 7) is 0. The summed E-state index contributed by atoms with van der Waals surface area (Å²) in [6.07, 6.45) is -8.69. The molecule has 2 nitrogen and oxygen atoms in total. The second-order valence-corrected chi connectivity index (χ2v) is 8.59. The Hall–Kier alpha value is -2.50. The maximum Gasteiger partial charge on any atom is 0.456 e. The normalized spacial score (nSPS) is 13.8. The fourth-order valence-electron chi connectivity index (χ4n) is 2.78. The van der Waals surface area contributed by atoms with Crippen LogP contribution < -0.4 is 10.6 Å². The van der Waals surface area contributed by atoms with Gasteiger partial charge in [0, 0.05) is 10.6 Å². The van der Waals surface area contributed by atoms with Crippen molar-refractivity contribution in [2.45, 2.75) is 18.2 Å². The standard InChI is InChI=1S/C21H16F5O2P/c22-20(23,21(24,25)26)19(16-10-4-1-5-11-16)28-29(27,17-12-6-2-7-13-17)18-14-8-3-9-15-18/h1-15,19H/t19-/m1/s1.